The van der Waals surface area contributed by atoms with Gasteiger partial charge < -0.3 is 19.7 Å². The summed E-state index contributed by atoms with van der Waals surface area (Å²) in [5.41, 5.74) is 4.76. The average molecular weight is 186 g/mol. The first-order chi connectivity index (χ1) is 6.22. The summed E-state index contributed by atoms with van der Waals surface area (Å²) < 4.78 is 14.1. The van der Waals surface area contributed by atoms with Gasteiger partial charge in [-0.05, 0) is 5.16 Å². The highest BCUT2D eigenvalue weighted by molar-refractivity contribution is 5.64. The molecule has 1 aromatic rings. The lowest BCUT2D eigenvalue weighted by Gasteiger charge is -1.96. The number of aromatic nitrogens is 1. The van der Waals surface area contributed by atoms with E-state index in [4.69, 9.17) is 15.0 Å². The molecule has 0 aliphatic carbocycles. The van der Waals surface area contributed by atoms with Gasteiger partial charge in [-0.2, -0.15) is 0 Å². The second-order valence-corrected chi connectivity index (χ2v) is 2.25. The lowest BCUT2D eigenvalue weighted by molar-refractivity contribution is 0.155. The van der Waals surface area contributed by atoms with Gasteiger partial charge in [0.25, 0.3) is 5.88 Å². The first-order valence-corrected chi connectivity index (χ1v) is 3.64. The Morgan fingerprint density at radius 3 is 3.08 bits per heavy atom. The van der Waals surface area contributed by atoms with Crippen LogP contribution in [-0.4, -0.2) is 25.0 Å². The first-order valence-electron chi connectivity index (χ1n) is 3.64. The van der Waals surface area contributed by atoms with E-state index in [1.54, 1.807) is 6.07 Å². The average Bonchev–Trinajstić information content (AvgIpc) is 2.52. The van der Waals surface area contributed by atoms with Crippen molar-refractivity contribution in [1.82, 2.24) is 5.16 Å². The van der Waals surface area contributed by atoms with Gasteiger partial charge in [0.1, 0.15) is 12.4 Å². The summed E-state index contributed by atoms with van der Waals surface area (Å²) in [6, 6.07) is 1.62. The molecule has 0 atom stereocenters. The number of ether oxygens (including phenoxy) is 2. The van der Waals surface area contributed by atoms with E-state index in [1.807, 2.05) is 0 Å². The van der Waals surface area contributed by atoms with Crippen LogP contribution < -0.4 is 10.5 Å². The third-order valence-corrected chi connectivity index (χ3v) is 1.34. The van der Waals surface area contributed by atoms with Crippen LogP contribution in [0.1, 0.15) is 5.76 Å². The first kappa shape index (κ1) is 9.37. The third kappa shape index (κ3) is 3.02. The molecule has 6 nitrogen and oxygen atoms in total. The summed E-state index contributed by atoms with van der Waals surface area (Å²) in [7, 11) is 1.49. The molecule has 2 N–H and O–H groups in total. The van der Waals surface area contributed by atoms with Gasteiger partial charge in [0, 0.05) is 12.5 Å². The topological polar surface area (TPSA) is 87.6 Å². The number of rotatable bonds is 4. The largest absolute Gasteiger partial charge is 0.479 e. The van der Waals surface area contributed by atoms with E-state index in [0.717, 1.165) is 0 Å². The van der Waals surface area contributed by atoms with E-state index in [9.17, 15) is 4.79 Å². The number of hydrogen-bond donors (Lipinski definition) is 1. The fourth-order valence-corrected chi connectivity index (χ4v) is 0.760. The zero-order chi connectivity index (χ0) is 9.68. The lowest BCUT2D eigenvalue weighted by Crippen LogP contribution is -2.14. The van der Waals surface area contributed by atoms with Crippen LogP contribution in [0.3, 0.4) is 0 Å². The van der Waals surface area contributed by atoms with E-state index in [0.29, 0.717) is 18.1 Å². The van der Waals surface area contributed by atoms with Crippen LogP contribution in [0, 0.1) is 0 Å². The number of carbonyl (C=O) groups is 1. The number of methoxy groups -OCH3 is 1. The minimum absolute atomic E-state index is 0.174. The molecule has 0 unspecified atom stereocenters. The Kier molecular flexibility index (Phi) is 3.13. The van der Waals surface area contributed by atoms with E-state index >= 15 is 0 Å². The Morgan fingerprint density at radius 1 is 1.77 bits per heavy atom. The Bertz CT molecular complexity index is 284. The molecule has 1 aromatic heterocycles. The van der Waals surface area contributed by atoms with Crippen molar-refractivity contribution < 1.29 is 18.8 Å². The Morgan fingerprint density at radius 2 is 2.54 bits per heavy atom. The Labute approximate surface area is 74.6 Å². The maximum Gasteiger partial charge on any atom is 0.404 e. The van der Waals surface area contributed by atoms with Gasteiger partial charge in [0.2, 0.25) is 0 Å². The second-order valence-electron chi connectivity index (χ2n) is 2.25. The van der Waals surface area contributed by atoms with Gasteiger partial charge in [-0.25, -0.2) is 4.79 Å². The molecular formula is C7H10N2O4. The zero-order valence-electron chi connectivity index (χ0n) is 7.15. The number of nitrogens with two attached hydrogens (primary N) is 1. The number of hydrogen-bond acceptors (Lipinski definition) is 5. The minimum Gasteiger partial charge on any atom is -0.479 e. The van der Waals surface area contributed by atoms with Gasteiger partial charge in [0.05, 0.1) is 7.11 Å². The second kappa shape index (κ2) is 4.34. The molecule has 1 heterocycles. The molecule has 6 heteroatoms. The summed E-state index contributed by atoms with van der Waals surface area (Å²) in [5, 5.41) is 3.56. The molecule has 1 rings (SSSR count). The summed E-state index contributed by atoms with van der Waals surface area (Å²) in [6.07, 6.45) is -0.370. The number of primary amides is 1. The molecule has 0 saturated heterocycles. The van der Waals surface area contributed by atoms with Crippen LogP contribution in [0.4, 0.5) is 4.79 Å². The Hall–Kier alpha value is -1.72. The van der Waals surface area contributed by atoms with Crippen molar-refractivity contribution in [1.29, 1.82) is 0 Å². The quantitative estimate of drug-likeness (QED) is 0.731. The maximum absolute atomic E-state index is 10.2. The smallest absolute Gasteiger partial charge is 0.404 e. The van der Waals surface area contributed by atoms with Gasteiger partial charge in [-0.1, -0.05) is 0 Å². The molecule has 0 saturated carbocycles. The molecule has 0 radical (unpaired) electrons. The predicted octanol–water partition coefficient (Wildman–Crippen LogP) is 0.321. The third-order valence-electron chi connectivity index (χ3n) is 1.34. The van der Waals surface area contributed by atoms with Gasteiger partial charge in [-0.3, -0.25) is 0 Å². The molecule has 0 fully saturated rings. The van der Waals surface area contributed by atoms with Crippen molar-refractivity contribution in [3.63, 3.8) is 0 Å². The fourth-order valence-electron chi connectivity index (χ4n) is 0.760. The Balaban J connectivity index is 2.32. The zero-order valence-corrected chi connectivity index (χ0v) is 7.15. The number of carbonyl (C=O) groups excluding carboxylic acids is 1. The fraction of sp³-hybridized carbons (Fsp3) is 0.429. The molecule has 0 aliphatic heterocycles. The highest BCUT2D eigenvalue weighted by atomic mass is 16.5. The van der Waals surface area contributed by atoms with Crippen molar-refractivity contribution >= 4 is 6.09 Å². The van der Waals surface area contributed by atoms with Crippen LogP contribution >= 0.6 is 0 Å². The standard InChI is InChI=1S/C7H10N2O4/c1-11-6-4-5(13-9-6)2-3-12-7(8)10/h4H,2-3H2,1H3,(H2,8,10). The molecule has 0 aromatic carbocycles. The molecule has 1 amide bonds. The number of nitrogens with zero attached hydrogens (tertiary/aromatic N) is 1. The highest BCUT2D eigenvalue weighted by Crippen LogP contribution is 2.10. The van der Waals surface area contributed by atoms with E-state index in [1.165, 1.54) is 7.11 Å². The molecular weight excluding hydrogens is 176 g/mol. The molecule has 0 bridgehead atoms. The van der Waals surface area contributed by atoms with Crippen molar-refractivity contribution in [3.8, 4) is 5.88 Å². The molecule has 0 aliphatic rings. The summed E-state index contributed by atoms with van der Waals surface area (Å²) in [4.78, 5) is 10.2. The van der Waals surface area contributed by atoms with E-state index < -0.39 is 6.09 Å². The van der Waals surface area contributed by atoms with Crippen molar-refractivity contribution in [2.45, 2.75) is 6.42 Å². The van der Waals surface area contributed by atoms with Crippen molar-refractivity contribution in [2.24, 2.45) is 5.73 Å². The highest BCUT2D eigenvalue weighted by Gasteiger charge is 2.04. The maximum atomic E-state index is 10.2. The van der Waals surface area contributed by atoms with E-state index in [-0.39, 0.29) is 6.61 Å². The van der Waals surface area contributed by atoms with Crippen LogP contribution in [0.2, 0.25) is 0 Å². The van der Waals surface area contributed by atoms with Crippen molar-refractivity contribution in [3.05, 3.63) is 11.8 Å². The molecule has 0 spiro atoms. The van der Waals surface area contributed by atoms with E-state index in [2.05, 4.69) is 9.89 Å². The lowest BCUT2D eigenvalue weighted by atomic mass is 10.3. The normalized spacial score (nSPS) is 9.62. The minimum atomic E-state index is -0.800. The van der Waals surface area contributed by atoms with Crippen LogP contribution in [-0.2, 0) is 11.2 Å². The number of amides is 1. The van der Waals surface area contributed by atoms with Crippen LogP contribution in [0.5, 0.6) is 5.88 Å². The van der Waals surface area contributed by atoms with Gasteiger partial charge in [0.15, 0.2) is 0 Å². The van der Waals surface area contributed by atoms with Crippen molar-refractivity contribution in [2.75, 3.05) is 13.7 Å². The SMILES string of the molecule is COc1cc(CCOC(N)=O)on1. The van der Waals surface area contributed by atoms with Crippen LogP contribution in [0.25, 0.3) is 0 Å². The monoisotopic (exact) mass is 186 g/mol. The summed E-state index contributed by atoms with van der Waals surface area (Å²) in [5.74, 6) is 0.979. The molecule has 13 heavy (non-hydrogen) atoms. The predicted molar refractivity (Wildman–Crippen MR) is 42.3 cm³/mol. The summed E-state index contributed by atoms with van der Waals surface area (Å²) in [6.45, 7) is 0.174. The van der Waals surface area contributed by atoms with Crippen LogP contribution in [0.15, 0.2) is 10.6 Å². The molecule has 72 valence electrons. The summed E-state index contributed by atoms with van der Waals surface area (Å²) >= 11 is 0. The van der Waals surface area contributed by atoms with Gasteiger partial charge in [-0.15, -0.1) is 0 Å². The van der Waals surface area contributed by atoms with Gasteiger partial charge >= 0.3 is 6.09 Å².